The summed E-state index contributed by atoms with van der Waals surface area (Å²) >= 11 is 1.81. The van der Waals surface area contributed by atoms with Gasteiger partial charge < -0.3 is 14.4 Å². The Balaban J connectivity index is 1.49. The minimum Gasteiger partial charge on any atom is -0.491 e. The van der Waals surface area contributed by atoms with Crippen molar-refractivity contribution in [3.05, 3.63) is 24.0 Å². The minimum atomic E-state index is -0.448. The highest BCUT2D eigenvalue weighted by Gasteiger charge is 2.30. The van der Waals surface area contributed by atoms with Crippen LogP contribution >= 0.6 is 11.8 Å². The van der Waals surface area contributed by atoms with Crippen molar-refractivity contribution < 1.29 is 14.3 Å². The van der Waals surface area contributed by atoms with Gasteiger partial charge in [-0.05, 0) is 39.8 Å². The average Bonchev–Trinajstić information content (AvgIpc) is 2.85. The molecular formula is C18H26N2O3S. The molecule has 132 valence electrons. The normalized spacial score (nSPS) is 27.4. The molecular weight excluding hydrogens is 324 g/mol. The molecule has 2 heterocycles. The maximum Gasteiger partial charge on any atom is 0.410 e. The van der Waals surface area contributed by atoms with Gasteiger partial charge in [-0.25, -0.2) is 4.79 Å². The molecule has 0 spiro atoms. The van der Waals surface area contributed by atoms with Crippen molar-refractivity contribution in [2.75, 3.05) is 13.1 Å². The number of fused-ring (bicyclic) bond motifs is 1. The van der Waals surface area contributed by atoms with Gasteiger partial charge in [0.15, 0.2) is 0 Å². The van der Waals surface area contributed by atoms with Crippen molar-refractivity contribution >= 4 is 22.9 Å². The summed E-state index contributed by atoms with van der Waals surface area (Å²) in [5.41, 5.74) is -0.448. The van der Waals surface area contributed by atoms with Crippen LogP contribution in [0.25, 0.3) is 0 Å². The highest BCUT2D eigenvalue weighted by atomic mass is 32.2. The monoisotopic (exact) mass is 350 g/mol. The van der Waals surface area contributed by atoms with Gasteiger partial charge in [0, 0.05) is 25.9 Å². The van der Waals surface area contributed by atoms with E-state index in [2.05, 4.69) is 30.1 Å². The molecule has 0 N–H and O–H groups in total. The van der Waals surface area contributed by atoms with Crippen LogP contribution in [-0.2, 0) is 9.47 Å². The number of carbonyl (C=O) groups excluding carboxylic acids is 1. The van der Waals surface area contributed by atoms with Crippen LogP contribution < -0.4 is 0 Å². The molecule has 0 aromatic carbocycles. The van der Waals surface area contributed by atoms with Crippen LogP contribution in [0.3, 0.4) is 0 Å². The second-order valence-corrected chi connectivity index (χ2v) is 8.80. The molecule has 0 saturated carbocycles. The molecule has 1 fully saturated rings. The highest BCUT2D eigenvalue weighted by Crippen LogP contribution is 2.33. The number of hydrogen-bond acceptors (Lipinski definition) is 5. The van der Waals surface area contributed by atoms with E-state index in [1.165, 1.54) is 0 Å². The molecule has 0 radical (unpaired) electrons. The van der Waals surface area contributed by atoms with Gasteiger partial charge in [-0.1, -0.05) is 6.08 Å². The Morgan fingerprint density at radius 3 is 2.71 bits per heavy atom. The molecule has 1 saturated heterocycles. The minimum absolute atomic E-state index is 0.148. The number of thioether (sulfide) groups is 1. The first-order chi connectivity index (χ1) is 11.3. The van der Waals surface area contributed by atoms with Crippen molar-refractivity contribution in [3.63, 3.8) is 0 Å². The summed E-state index contributed by atoms with van der Waals surface area (Å²) in [4.78, 5) is 18.5. The van der Waals surface area contributed by atoms with Gasteiger partial charge in [-0.15, -0.1) is 11.8 Å². The molecule has 3 rings (SSSR count). The lowest BCUT2D eigenvalue weighted by Gasteiger charge is -2.34. The van der Waals surface area contributed by atoms with E-state index in [-0.39, 0.29) is 18.2 Å². The largest absolute Gasteiger partial charge is 0.491 e. The fourth-order valence-electron chi connectivity index (χ4n) is 3.03. The summed E-state index contributed by atoms with van der Waals surface area (Å²) in [6, 6.07) is 0.205. The predicted molar refractivity (Wildman–Crippen MR) is 97.4 cm³/mol. The fourth-order valence-corrected chi connectivity index (χ4v) is 4.05. The lowest BCUT2D eigenvalue weighted by molar-refractivity contribution is 0.00540. The zero-order valence-corrected chi connectivity index (χ0v) is 15.6. The Morgan fingerprint density at radius 1 is 1.33 bits per heavy atom. The molecule has 24 heavy (non-hydrogen) atoms. The average molecular weight is 350 g/mol. The summed E-state index contributed by atoms with van der Waals surface area (Å²) in [6.07, 6.45) is 7.94. The molecule has 0 aromatic rings. The summed E-state index contributed by atoms with van der Waals surface area (Å²) < 4.78 is 11.5. The Kier molecular flexibility index (Phi) is 4.95. The molecule has 0 unspecified atom stereocenters. The van der Waals surface area contributed by atoms with Crippen LogP contribution in [0.2, 0.25) is 0 Å². The zero-order valence-electron chi connectivity index (χ0n) is 14.8. The van der Waals surface area contributed by atoms with Crippen LogP contribution in [0.1, 0.15) is 40.5 Å². The number of allylic oxidation sites excluding steroid dienone is 1. The van der Waals surface area contributed by atoms with Crippen LogP contribution in [0.4, 0.5) is 4.79 Å². The van der Waals surface area contributed by atoms with Crippen molar-refractivity contribution in [1.82, 2.24) is 4.90 Å². The molecule has 3 aliphatic rings. The number of aliphatic imine (C=N–C) groups is 1. The third kappa shape index (κ3) is 4.35. The Bertz CT molecular complexity index is 584. The summed E-state index contributed by atoms with van der Waals surface area (Å²) in [7, 11) is 0. The topological polar surface area (TPSA) is 51.1 Å². The van der Waals surface area contributed by atoms with Gasteiger partial charge in [0.05, 0.1) is 16.3 Å². The number of amides is 1. The Labute approximate surface area is 148 Å². The molecule has 0 aromatic heterocycles. The molecule has 1 amide bonds. The van der Waals surface area contributed by atoms with E-state index >= 15 is 0 Å². The van der Waals surface area contributed by atoms with Gasteiger partial charge in [0.25, 0.3) is 0 Å². The summed E-state index contributed by atoms with van der Waals surface area (Å²) in [6.45, 7) is 9.08. The molecule has 5 nitrogen and oxygen atoms in total. The zero-order chi connectivity index (χ0) is 17.3. The first-order valence-corrected chi connectivity index (χ1v) is 9.44. The summed E-state index contributed by atoms with van der Waals surface area (Å²) in [5, 5.41) is 1.56. The van der Waals surface area contributed by atoms with Crippen LogP contribution in [0, 0.1) is 0 Å². The fraction of sp³-hybridized carbons (Fsp3) is 0.667. The van der Waals surface area contributed by atoms with Crippen molar-refractivity contribution in [1.29, 1.82) is 0 Å². The Morgan fingerprint density at radius 2 is 2.04 bits per heavy atom. The summed E-state index contributed by atoms with van der Waals surface area (Å²) in [5.74, 6) is 0.908. The van der Waals surface area contributed by atoms with E-state index in [0.717, 1.165) is 23.6 Å². The molecule has 2 atom stereocenters. The lowest BCUT2D eigenvalue weighted by Crippen LogP contribution is -2.43. The van der Waals surface area contributed by atoms with Crippen LogP contribution in [0.15, 0.2) is 29.0 Å². The smallest absolute Gasteiger partial charge is 0.410 e. The third-order valence-corrected chi connectivity index (χ3v) is 5.31. The molecule has 6 heteroatoms. The van der Waals surface area contributed by atoms with Crippen molar-refractivity contribution in [2.24, 2.45) is 4.99 Å². The standard InChI is InChI=1S/C18H26N2O3S/c1-12-19-15-11-14(5-6-16(15)24-12)22-13-7-9-20(10-8-13)17(21)23-18(2,3)4/h5-6,11,13,15-16H,7-10H2,1-4H3/t15-,16-/m1/s1. The van der Waals surface area contributed by atoms with Gasteiger partial charge in [-0.2, -0.15) is 0 Å². The van der Waals surface area contributed by atoms with E-state index in [0.29, 0.717) is 18.3 Å². The first-order valence-electron chi connectivity index (χ1n) is 8.56. The van der Waals surface area contributed by atoms with Crippen LogP contribution in [-0.4, -0.2) is 52.1 Å². The lowest BCUT2D eigenvalue weighted by atomic mass is 10.1. The van der Waals surface area contributed by atoms with Crippen molar-refractivity contribution in [3.8, 4) is 0 Å². The van der Waals surface area contributed by atoms with Gasteiger partial charge in [0.2, 0.25) is 0 Å². The van der Waals surface area contributed by atoms with E-state index in [4.69, 9.17) is 9.47 Å². The predicted octanol–water partition coefficient (Wildman–Crippen LogP) is 3.76. The number of nitrogens with zero attached hydrogens (tertiary/aromatic N) is 2. The maximum absolute atomic E-state index is 12.1. The van der Waals surface area contributed by atoms with E-state index in [1.54, 1.807) is 4.90 Å². The highest BCUT2D eigenvalue weighted by molar-refractivity contribution is 8.14. The van der Waals surface area contributed by atoms with Gasteiger partial charge in [-0.3, -0.25) is 4.99 Å². The third-order valence-electron chi connectivity index (χ3n) is 4.16. The van der Waals surface area contributed by atoms with Crippen LogP contribution in [0.5, 0.6) is 0 Å². The van der Waals surface area contributed by atoms with Gasteiger partial charge >= 0.3 is 6.09 Å². The second-order valence-electron chi connectivity index (χ2n) is 7.43. The Hall–Kier alpha value is -1.43. The van der Waals surface area contributed by atoms with Crippen molar-refractivity contribution in [2.45, 2.75) is 63.5 Å². The molecule has 1 aliphatic carbocycles. The number of carbonyl (C=O) groups is 1. The molecule has 2 aliphatic heterocycles. The quantitative estimate of drug-likeness (QED) is 0.761. The number of rotatable bonds is 2. The maximum atomic E-state index is 12.1. The molecule has 0 bridgehead atoms. The SMILES string of the molecule is CC1=N[C@@H]2C=C(OC3CCN(C(=O)OC(C)(C)C)CC3)C=C[C@H]2S1. The number of piperidine rings is 1. The van der Waals surface area contributed by atoms with E-state index < -0.39 is 5.60 Å². The first kappa shape index (κ1) is 17.4. The second kappa shape index (κ2) is 6.82. The number of hydrogen-bond donors (Lipinski definition) is 0. The number of ether oxygens (including phenoxy) is 2. The van der Waals surface area contributed by atoms with E-state index in [9.17, 15) is 4.79 Å². The van der Waals surface area contributed by atoms with E-state index in [1.807, 2.05) is 32.5 Å². The number of likely N-dealkylation sites (tertiary alicyclic amines) is 1. The van der Waals surface area contributed by atoms with Gasteiger partial charge in [0.1, 0.15) is 17.5 Å².